The summed E-state index contributed by atoms with van der Waals surface area (Å²) in [6, 6.07) is 0. The van der Waals surface area contributed by atoms with Crippen molar-refractivity contribution in [1.82, 2.24) is 20.8 Å². The topological polar surface area (TPSA) is 94.0 Å². The van der Waals surface area contributed by atoms with Crippen LogP contribution >= 0.6 is 0 Å². The molecule has 1 atom stereocenters. The molecule has 0 aliphatic heterocycles. The zero-order chi connectivity index (χ0) is 14.0. The third-order valence-electron chi connectivity index (χ3n) is 3.02. The lowest BCUT2D eigenvalue weighted by Crippen LogP contribution is -2.28. The number of nitrogens with one attached hydrogen (secondary N) is 1. The minimum absolute atomic E-state index is 0.107. The van der Waals surface area contributed by atoms with Gasteiger partial charge >= 0.3 is 0 Å². The fraction of sp³-hybridized carbons (Fsp3) is 0.500. The highest BCUT2D eigenvalue weighted by Crippen LogP contribution is 2.22. The maximum Gasteiger partial charge on any atom is 0.275 e. The summed E-state index contributed by atoms with van der Waals surface area (Å²) in [6.07, 6.45) is 0. The molecule has 2 rings (SSSR count). The number of hydrogen-bond donors (Lipinski definition) is 1. The van der Waals surface area contributed by atoms with Crippen LogP contribution in [0.5, 0.6) is 0 Å². The molecule has 1 N–H and O–H groups in total. The predicted molar refractivity (Wildman–Crippen MR) is 65.8 cm³/mol. The van der Waals surface area contributed by atoms with Crippen molar-refractivity contribution in [3.8, 4) is 0 Å². The zero-order valence-corrected chi connectivity index (χ0v) is 11.4. The Labute approximate surface area is 110 Å². The van der Waals surface area contributed by atoms with Crippen LogP contribution in [-0.2, 0) is 0 Å². The Kier molecular flexibility index (Phi) is 3.64. The van der Waals surface area contributed by atoms with Crippen molar-refractivity contribution in [3.05, 3.63) is 28.4 Å². The van der Waals surface area contributed by atoms with E-state index in [4.69, 9.17) is 4.52 Å². The first kappa shape index (κ1) is 13.3. The summed E-state index contributed by atoms with van der Waals surface area (Å²) in [5.41, 5.74) is 2.56. The van der Waals surface area contributed by atoms with Crippen LogP contribution in [0.3, 0.4) is 0 Å². The van der Waals surface area contributed by atoms with Gasteiger partial charge in [-0.2, -0.15) is 0 Å². The Morgan fingerprint density at radius 1 is 1.21 bits per heavy atom. The molecule has 0 radical (unpaired) electrons. The number of aryl methyl sites for hydroxylation is 3. The zero-order valence-electron chi connectivity index (χ0n) is 11.4. The molecule has 2 aromatic rings. The molecule has 7 heteroatoms. The number of nitrogens with zero attached hydrogens (tertiary/aromatic N) is 3. The lowest BCUT2D eigenvalue weighted by Gasteiger charge is -2.11. The molecule has 0 saturated heterocycles. The minimum Gasteiger partial charge on any atom is -0.361 e. The fourth-order valence-electron chi connectivity index (χ4n) is 2.06. The first-order valence-corrected chi connectivity index (χ1v) is 6.00. The van der Waals surface area contributed by atoms with Gasteiger partial charge in [0.2, 0.25) is 0 Å². The van der Waals surface area contributed by atoms with E-state index in [2.05, 4.69) is 25.4 Å². The highest BCUT2D eigenvalue weighted by Gasteiger charge is 2.19. The molecule has 0 saturated carbocycles. The Morgan fingerprint density at radius 3 is 2.47 bits per heavy atom. The number of aromatic nitrogens is 3. The predicted octanol–water partition coefficient (Wildman–Crippen LogP) is 1.52. The van der Waals surface area contributed by atoms with E-state index in [9.17, 15) is 4.79 Å². The van der Waals surface area contributed by atoms with Crippen LogP contribution in [0.4, 0.5) is 0 Å². The van der Waals surface area contributed by atoms with Gasteiger partial charge in [-0.15, -0.1) is 0 Å². The van der Waals surface area contributed by atoms with Crippen LogP contribution in [0.15, 0.2) is 9.15 Å². The van der Waals surface area contributed by atoms with Crippen LogP contribution in [0.1, 0.15) is 46.0 Å². The molecule has 0 bridgehead atoms. The largest absolute Gasteiger partial charge is 0.361 e. The summed E-state index contributed by atoms with van der Waals surface area (Å²) >= 11 is 0. The molecule has 2 aromatic heterocycles. The molecular weight excluding hydrogens is 248 g/mol. The monoisotopic (exact) mass is 264 g/mol. The molecule has 1 amide bonds. The number of carbonyl (C=O) groups excluding carboxylic acids is 1. The molecule has 0 spiro atoms. The normalized spacial score (nSPS) is 12.4. The van der Waals surface area contributed by atoms with Crippen molar-refractivity contribution >= 4 is 5.91 Å². The second-order valence-electron chi connectivity index (χ2n) is 4.55. The van der Waals surface area contributed by atoms with Gasteiger partial charge < -0.3 is 9.84 Å². The highest BCUT2D eigenvalue weighted by atomic mass is 16.6. The quantitative estimate of drug-likeness (QED) is 0.899. The maximum absolute atomic E-state index is 11.9. The van der Waals surface area contributed by atoms with Crippen LogP contribution in [0.2, 0.25) is 0 Å². The molecule has 2 heterocycles. The fourth-order valence-corrected chi connectivity index (χ4v) is 2.06. The maximum atomic E-state index is 11.9. The highest BCUT2D eigenvalue weighted by molar-refractivity contribution is 5.92. The molecule has 0 aromatic carbocycles. The number of amides is 1. The van der Waals surface area contributed by atoms with Gasteiger partial charge in [0.1, 0.15) is 11.5 Å². The van der Waals surface area contributed by atoms with Gasteiger partial charge in [0.15, 0.2) is 5.69 Å². The van der Waals surface area contributed by atoms with E-state index in [0.717, 1.165) is 17.0 Å². The van der Waals surface area contributed by atoms with E-state index in [1.54, 1.807) is 6.92 Å². The van der Waals surface area contributed by atoms with Crippen molar-refractivity contribution < 1.29 is 13.9 Å². The Bertz CT molecular complexity index is 568. The Balaban J connectivity index is 2.00. The third kappa shape index (κ3) is 2.64. The van der Waals surface area contributed by atoms with E-state index in [1.807, 2.05) is 20.8 Å². The summed E-state index contributed by atoms with van der Waals surface area (Å²) in [7, 11) is 0. The summed E-state index contributed by atoms with van der Waals surface area (Å²) in [5, 5.41) is 13.8. The number of carbonyl (C=O) groups is 1. The van der Waals surface area contributed by atoms with E-state index in [1.165, 1.54) is 0 Å². The van der Waals surface area contributed by atoms with Crippen LogP contribution in [-0.4, -0.2) is 27.9 Å². The van der Waals surface area contributed by atoms with Gasteiger partial charge in [-0.25, -0.2) is 4.63 Å². The van der Waals surface area contributed by atoms with Gasteiger partial charge in [-0.1, -0.05) is 17.2 Å². The summed E-state index contributed by atoms with van der Waals surface area (Å²) in [5.74, 6) is 0.589. The molecule has 7 nitrogen and oxygen atoms in total. The number of rotatable bonds is 4. The molecular formula is C12H16N4O3. The lowest BCUT2D eigenvalue weighted by atomic mass is 9.99. The average molecular weight is 264 g/mol. The standard InChI is InChI=1S/C12H16N4O3/c1-6(10-7(2)14-18-9(10)4)5-13-12(17)11-8(3)15-19-16-11/h6H,5H2,1-4H3,(H,13,17)/t6-/m1/s1. The van der Waals surface area contributed by atoms with Gasteiger partial charge in [0.05, 0.1) is 5.69 Å². The van der Waals surface area contributed by atoms with Crippen LogP contribution in [0, 0.1) is 20.8 Å². The second kappa shape index (κ2) is 5.21. The Hall–Kier alpha value is -2.18. The number of hydrogen-bond acceptors (Lipinski definition) is 6. The Morgan fingerprint density at radius 2 is 1.95 bits per heavy atom. The van der Waals surface area contributed by atoms with Gasteiger partial charge in [0, 0.05) is 18.0 Å². The minimum atomic E-state index is -0.294. The SMILES string of the molecule is Cc1nonc1C(=O)NC[C@@H](C)c1c(C)noc1C. The summed E-state index contributed by atoms with van der Waals surface area (Å²) in [6.45, 7) is 7.88. The van der Waals surface area contributed by atoms with Crippen LogP contribution < -0.4 is 5.32 Å². The summed E-state index contributed by atoms with van der Waals surface area (Å²) in [4.78, 5) is 11.9. The molecule has 19 heavy (non-hydrogen) atoms. The molecule has 0 aliphatic carbocycles. The molecule has 0 fully saturated rings. The van der Waals surface area contributed by atoms with Gasteiger partial charge in [0.25, 0.3) is 5.91 Å². The molecule has 0 unspecified atom stereocenters. The van der Waals surface area contributed by atoms with Gasteiger partial charge in [-0.3, -0.25) is 4.79 Å². The smallest absolute Gasteiger partial charge is 0.275 e. The van der Waals surface area contributed by atoms with E-state index in [0.29, 0.717) is 12.2 Å². The van der Waals surface area contributed by atoms with Gasteiger partial charge in [-0.05, 0) is 25.9 Å². The lowest BCUT2D eigenvalue weighted by molar-refractivity contribution is 0.0941. The summed E-state index contributed by atoms with van der Waals surface area (Å²) < 4.78 is 9.61. The van der Waals surface area contributed by atoms with E-state index in [-0.39, 0.29) is 17.5 Å². The van der Waals surface area contributed by atoms with Crippen molar-refractivity contribution in [1.29, 1.82) is 0 Å². The second-order valence-corrected chi connectivity index (χ2v) is 4.55. The van der Waals surface area contributed by atoms with Crippen molar-refractivity contribution in [2.75, 3.05) is 6.54 Å². The third-order valence-corrected chi connectivity index (χ3v) is 3.02. The van der Waals surface area contributed by atoms with E-state index < -0.39 is 0 Å². The van der Waals surface area contributed by atoms with Crippen molar-refractivity contribution in [2.24, 2.45) is 0 Å². The van der Waals surface area contributed by atoms with E-state index >= 15 is 0 Å². The molecule has 102 valence electrons. The van der Waals surface area contributed by atoms with Crippen LogP contribution in [0.25, 0.3) is 0 Å². The van der Waals surface area contributed by atoms with Crippen molar-refractivity contribution in [2.45, 2.75) is 33.6 Å². The molecule has 0 aliphatic rings. The average Bonchev–Trinajstić information content (AvgIpc) is 2.93. The van der Waals surface area contributed by atoms with Crippen molar-refractivity contribution in [3.63, 3.8) is 0 Å². The first-order valence-electron chi connectivity index (χ1n) is 6.00. The first-order chi connectivity index (χ1) is 9.00.